The molecule has 2 atom stereocenters. The van der Waals surface area contributed by atoms with Crippen molar-refractivity contribution in [3.05, 3.63) is 51.8 Å². The molecule has 7 heteroatoms. The van der Waals surface area contributed by atoms with Crippen LogP contribution in [-0.2, 0) is 6.67 Å². The molecule has 0 amide bonds. The first-order valence-corrected chi connectivity index (χ1v) is 8.96. The van der Waals surface area contributed by atoms with Gasteiger partial charge in [0.15, 0.2) is 6.67 Å². The van der Waals surface area contributed by atoms with Gasteiger partial charge in [-0.3, -0.25) is 4.98 Å². The summed E-state index contributed by atoms with van der Waals surface area (Å²) in [5.41, 5.74) is 0.851. The number of quaternary nitrogens is 1. The molecule has 1 aliphatic heterocycles. The summed E-state index contributed by atoms with van der Waals surface area (Å²) in [6, 6.07) is 8.68. The normalized spacial score (nSPS) is 20.9. The van der Waals surface area contributed by atoms with E-state index >= 15 is 0 Å². The third kappa shape index (κ3) is 2.99. The molecule has 4 rings (SSSR count). The summed E-state index contributed by atoms with van der Waals surface area (Å²) in [6.07, 6.45) is 5.92. The Balaban J connectivity index is 1.57. The second-order valence-corrected chi connectivity index (χ2v) is 7.02. The first-order chi connectivity index (χ1) is 11.3. The lowest BCUT2D eigenvalue weighted by Gasteiger charge is -2.19. The van der Waals surface area contributed by atoms with Crippen LogP contribution in [0.25, 0.3) is 11.5 Å². The highest BCUT2D eigenvalue weighted by atomic mass is 32.1. The molecule has 0 spiro atoms. The van der Waals surface area contributed by atoms with Gasteiger partial charge in [0.05, 0.1) is 17.0 Å². The van der Waals surface area contributed by atoms with Crippen molar-refractivity contribution in [3.8, 4) is 11.5 Å². The predicted octanol–water partition coefficient (Wildman–Crippen LogP) is 2.71. The topological polar surface area (TPSA) is 48.3 Å². The van der Waals surface area contributed by atoms with Crippen LogP contribution in [0.2, 0.25) is 0 Å². The van der Waals surface area contributed by atoms with Crippen LogP contribution in [0.15, 0.2) is 46.5 Å². The van der Waals surface area contributed by atoms with Crippen molar-refractivity contribution in [3.63, 3.8) is 0 Å². The summed E-state index contributed by atoms with van der Waals surface area (Å²) in [7, 11) is 0. The van der Waals surface area contributed by atoms with E-state index in [1.165, 1.54) is 22.6 Å². The van der Waals surface area contributed by atoms with Gasteiger partial charge in [-0.1, -0.05) is 6.07 Å². The van der Waals surface area contributed by atoms with Crippen LogP contribution in [0.4, 0.5) is 0 Å². The van der Waals surface area contributed by atoms with Crippen LogP contribution in [0.3, 0.4) is 0 Å². The summed E-state index contributed by atoms with van der Waals surface area (Å²) in [5.74, 6) is 0.536. The minimum Gasteiger partial charge on any atom is -0.409 e. The summed E-state index contributed by atoms with van der Waals surface area (Å²) >= 11 is 7.18. The molecule has 118 valence electrons. The van der Waals surface area contributed by atoms with Gasteiger partial charge in [-0.15, -0.1) is 16.4 Å². The highest BCUT2D eigenvalue weighted by Gasteiger charge is 2.31. The van der Waals surface area contributed by atoms with Crippen molar-refractivity contribution in [2.45, 2.75) is 25.6 Å². The minimum atomic E-state index is 0.424. The van der Waals surface area contributed by atoms with Gasteiger partial charge >= 0.3 is 0 Å². The third-order valence-electron chi connectivity index (χ3n) is 4.24. The molecule has 1 unspecified atom stereocenters. The molecule has 5 nitrogen and oxygen atoms in total. The molecule has 3 aromatic rings. The predicted molar refractivity (Wildman–Crippen MR) is 90.7 cm³/mol. The smallest absolute Gasteiger partial charge is 0.292 e. The average Bonchev–Trinajstić information content (AvgIpc) is 3.30. The quantitative estimate of drug-likeness (QED) is 0.739. The number of nitrogens with zero attached hydrogens (tertiary/aromatic N) is 3. The van der Waals surface area contributed by atoms with Gasteiger partial charge in [0, 0.05) is 25.2 Å². The Morgan fingerprint density at radius 2 is 2.35 bits per heavy atom. The number of hydrogen-bond donors (Lipinski definition) is 1. The maximum atomic E-state index is 5.65. The maximum Gasteiger partial charge on any atom is 0.292 e. The van der Waals surface area contributed by atoms with Crippen molar-refractivity contribution in [2.75, 3.05) is 6.54 Å². The SMILES string of the molecule is S=c1oc(-c2cccnc2)nn1C[NH+]1CCC[C@H]1c1cccs1. The summed E-state index contributed by atoms with van der Waals surface area (Å²) in [4.78, 5) is 7.47. The Kier molecular flexibility index (Phi) is 4.07. The lowest BCUT2D eigenvalue weighted by atomic mass is 10.2. The van der Waals surface area contributed by atoms with Crippen molar-refractivity contribution < 1.29 is 9.32 Å². The number of rotatable bonds is 4. The molecule has 0 bridgehead atoms. The van der Waals surface area contributed by atoms with E-state index in [1.54, 1.807) is 17.1 Å². The molecule has 0 aromatic carbocycles. The van der Waals surface area contributed by atoms with Gasteiger partial charge in [-0.25, -0.2) is 0 Å². The number of nitrogens with one attached hydrogen (secondary N) is 1. The van der Waals surface area contributed by atoms with Gasteiger partial charge in [-0.05, 0) is 35.8 Å². The van der Waals surface area contributed by atoms with Crippen LogP contribution in [-0.4, -0.2) is 21.3 Å². The van der Waals surface area contributed by atoms with Crippen molar-refractivity contribution >= 4 is 23.6 Å². The van der Waals surface area contributed by atoms with Crippen LogP contribution >= 0.6 is 23.6 Å². The third-order valence-corrected chi connectivity index (χ3v) is 5.52. The van der Waals surface area contributed by atoms with E-state index in [1.807, 2.05) is 23.5 Å². The largest absolute Gasteiger partial charge is 0.409 e. The Morgan fingerprint density at radius 3 is 3.13 bits per heavy atom. The second kappa shape index (κ2) is 6.35. The molecule has 4 heterocycles. The van der Waals surface area contributed by atoms with E-state index in [9.17, 15) is 0 Å². The zero-order valence-electron chi connectivity index (χ0n) is 12.5. The van der Waals surface area contributed by atoms with Crippen LogP contribution in [0.5, 0.6) is 0 Å². The van der Waals surface area contributed by atoms with Crippen LogP contribution in [0.1, 0.15) is 23.8 Å². The maximum absolute atomic E-state index is 5.65. The molecule has 0 aliphatic carbocycles. The molecule has 3 aromatic heterocycles. The lowest BCUT2D eigenvalue weighted by molar-refractivity contribution is -0.941. The van der Waals surface area contributed by atoms with Gasteiger partial charge < -0.3 is 9.32 Å². The Morgan fingerprint density at radius 1 is 1.39 bits per heavy atom. The second-order valence-electron chi connectivity index (χ2n) is 5.69. The highest BCUT2D eigenvalue weighted by molar-refractivity contribution is 7.71. The monoisotopic (exact) mass is 345 g/mol. The fourth-order valence-electron chi connectivity index (χ4n) is 3.14. The molecular formula is C16H17N4OS2+. The van der Waals surface area contributed by atoms with E-state index in [2.05, 4.69) is 27.6 Å². The molecule has 1 saturated heterocycles. The number of pyridine rings is 1. The highest BCUT2D eigenvalue weighted by Crippen LogP contribution is 2.23. The van der Waals surface area contributed by atoms with Gasteiger partial charge in [0.25, 0.3) is 4.84 Å². The Bertz CT molecular complexity index is 825. The standard InChI is InChI=1S/C16H16N4OS2/c22-16-20(18-15(21-16)12-4-1-7-17-10-12)11-19-8-2-5-13(19)14-6-3-9-23-14/h1,3-4,6-7,9-10,13H,2,5,8,11H2/p+1/t13-/m0/s1. The van der Waals surface area contributed by atoms with E-state index < -0.39 is 0 Å². The van der Waals surface area contributed by atoms with E-state index in [4.69, 9.17) is 16.6 Å². The lowest BCUT2D eigenvalue weighted by Crippen LogP contribution is -3.09. The number of likely N-dealkylation sites (tertiary alicyclic amines) is 1. The first kappa shape index (κ1) is 14.7. The van der Waals surface area contributed by atoms with Crippen molar-refractivity contribution in [2.24, 2.45) is 0 Å². The molecular weight excluding hydrogens is 328 g/mol. The van der Waals surface area contributed by atoms with Crippen molar-refractivity contribution in [1.82, 2.24) is 14.8 Å². The van der Waals surface area contributed by atoms with E-state index in [0.717, 1.165) is 18.8 Å². The Hall–Kier alpha value is -1.83. The first-order valence-electron chi connectivity index (χ1n) is 7.67. The number of thiophene rings is 1. The minimum absolute atomic E-state index is 0.424. The zero-order valence-corrected chi connectivity index (χ0v) is 14.1. The average molecular weight is 345 g/mol. The molecule has 1 N–H and O–H groups in total. The zero-order chi connectivity index (χ0) is 15.6. The molecule has 0 radical (unpaired) electrons. The van der Waals surface area contributed by atoms with Crippen LogP contribution < -0.4 is 4.90 Å². The fraction of sp³-hybridized carbons (Fsp3) is 0.312. The number of aromatic nitrogens is 3. The van der Waals surface area contributed by atoms with E-state index in [-0.39, 0.29) is 0 Å². The van der Waals surface area contributed by atoms with Gasteiger partial charge in [0.1, 0.15) is 6.04 Å². The molecule has 0 saturated carbocycles. The van der Waals surface area contributed by atoms with Gasteiger partial charge in [0.2, 0.25) is 5.89 Å². The summed E-state index contributed by atoms with van der Waals surface area (Å²) < 4.78 is 7.46. The van der Waals surface area contributed by atoms with Crippen LogP contribution in [0, 0.1) is 4.84 Å². The molecule has 1 aliphatic rings. The van der Waals surface area contributed by atoms with Crippen molar-refractivity contribution in [1.29, 1.82) is 0 Å². The molecule has 1 fully saturated rings. The molecule has 23 heavy (non-hydrogen) atoms. The number of hydrogen-bond acceptors (Lipinski definition) is 5. The van der Waals surface area contributed by atoms with E-state index in [0.29, 0.717) is 16.8 Å². The fourth-order valence-corrected chi connectivity index (χ4v) is 4.24. The Labute approximate surface area is 143 Å². The summed E-state index contributed by atoms with van der Waals surface area (Å²) in [6.45, 7) is 1.88. The summed E-state index contributed by atoms with van der Waals surface area (Å²) in [5, 5.41) is 6.69. The van der Waals surface area contributed by atoms with Gasteiger partial charge in [-0.2, -0.15) is 4.68 Å².